The molecule has 1 aliphatic rings. The number of hydrogen-bond donors (Lipinski definition) is 0. The van der Waals surface area contributed by atoms with Gasteiger partial charge in [0.1, 0.15) is 0 Å². The molecule has 4 heteroatoms. The van der Waals surface area contributed by atoms with Crippen molar-refractivity contribution in [1.82, 2.24) is 4.57 Å². The van der Waals surface area contributed by atoms with Crippen LogP contribution in [0.3, 0.4) is 0 Å². The fraction of sp³-hybridized carbons (Fsp3) is 0.250. The van der Waals surface area contributed by atoms with Gasteiger partial charge in [-0.15, -0.1) is 0 Å². The molecular weight excluding hydrogens is 172 g/mol. The van der Waals surface area contributed by atoms with E-state index in [1.54, 1.807) is 10.8 Å². The van der Waals surface area contributed by atoms with Crippen molar-refractivity contribution >= 4 is 17.4 Å². The lowest BCUT2D eigenvalue weighted by Crippen LogP contribution is -2.33. The third-order valence-corrected chi connectivity index (χ3v) is 2.78. The van der Waals surface area contributed by atoms with Crippen LogP contribution in [0.15, 0.2) is 22.1 Å². The number of fused-ring (bicyclic) bond motifs is 1. The Morgan fingerprint density at radius 3 is 3.33 bits per heavy atom. The van der Waals surface area contributed by atoms with E-state index in [0.717, 1.165) is 10.0 Å². The van der Waals surface area contributed by atoms with Crippen LogP contribution < -0.4 is 14.9 Å². The summed E-state index contributed by atoms with van der Waals surface area (Å²) in [5.41, 5.74) is 0.801. The van der Waals surface area contributed by atoms with Gasteiger partial charge in [0.05, 0.1) is 4.53 Å². The molecule has 0 amide bonds. The smallest absolute Gasteiger partial charge is 0.279 e. The summed E-state index contributed by atoms with van der Waals surface area (Å²) in [4.78, 5) is 15.5. The molecule has 0 saturated heterocycles. The molecule has 0 aromatic carbocycles. The third kappa shape index (κ3) is 0.956. The zero-order chi connectivity index (χ0) is 8.55. The molecule has 2 heterocycles. The molecule has 0 N–H and O–H groups in total. The summed E-state index contributed by atoms with van der Waals surface area (Å²) >= 11 is 1.25. The molecule has 1 aliphatic heterocycles. The Bertz CT molecular complexity index is 492. The van der Waals surface area contributed by atoms with Gasteiger partial charge in [-0.05, 0) is 13.0 Å². The highest BCUT2D eigenvalue weighted by atomic mass is 32.1. The third-order valence-electron chi connectivity index (χ3n) is 1.75. The van der Waals surface area contributed by atoms with E-state index in [2.05, 4.69) is 4.99 Å². The van der Waals surface area contributed by atoms with Crippen LogP contribution in [0.4, 0.5) is 0 Å². The van der Waals surface area contributed by atoms with Crippen molar-refractivity contribution in [2.24, 2.45) is 4.99 Å². The number of rotatable bonds is 0. The maximum Gasteiger partial charge on any atom is 0.309 e. The molecule has 0 saturated carbocycles. The van der Waals surface area contributed by atoms with Gasteiger partial charge < -0.3 is 0 Å². The molecular formula is C8H8N2OS. The van der Waals surface area contributed by atoms with E-state index in [0.29, 0.717) is 6.54 Å². The lowest BCUT2D eigenvalue weighted by molar-refractivity contribution is 0.735. The van der Waals surface area contributed by atoms with Crippen LogP contribution in [0.25, 0.3) is 6.08 Å². The fourth-order valence-corrected chi connectivity index (χ4v) is 2.00. The predicted molar refractivity (Wildman–Crippen MR) is 48.6 cm³/mol. The topological polar surface area (TPSA) is 34.4 Å². The minimum atomic E-state index is 0.0752. The molecule has 0 unspecified atom stereocenters. The Balaban J connectivity index is 2.98. The second-order valence-corrected chi connectivity index (χ2v) is 3.46. The van der Waals surface area contributed by atoms with Gasteiger partial charge >= 0.3 is 4.87 Å². The van der Waals surface area contributed by atoms with Crippen molar-refractivity contribution in [3.05, 3.63) is 32.0 Å². The molecule has 0 radical (unpaired) electrons. The number of aromatic nitrogens is 1. The first-order chi connectivity index (χ1) is 5.83. The van der Waals surface area contributed by atoms with E-state index in [-0.39, 0.29) is 4.87 Å². The molecule has 2 rings (SSSR count). The monoisotopic (exact) mass is 180 g/mol. The van der Waals surface area contributed by atoms with Crippen LogP contribution in [-0.2, 0) is 6.54 Å². The Morgan fingerprint density at radius 2 is 2.58 bits per heavy atom. The average Bonchev–Trinajstić information content (AvgIpc) is 2.44. The molecule has 0 atom stereocenters. The largest absolute Gasteiger partial charge is 0.309 e. The summed E-state index contributed by atoms with van der Waals surface area (Å²) < 4.78 is 2.64. The lowest BCUT2D eigenvalue weighted by atomic mass is 10.5. The van der Waals surface area contributed by atoms with E-state index in [4.69, 9.17) is 0 Å². The summed E-state index contributed by atoms with van der Waals surface area (Å²) in [7, 11) is 0. The van der Waals surface area contributed by atoms with Crippen LogP contribution in [-0.4, -0.2) is 4.57 Å². The first-order valence-electron chi connectivity index (χ1n) is 3.72. The molecule has 0 aliphatic carbocycles. The summed E-state index contributed by atoms with van der Waals surface area (Å²) in [6, 6.07) is 0. The van der Waals surface area contributed by atoms with Gasteiger partial charge in [-0.1, -0.05) is 17.4 Å². The zero-order valence-corrected chi connectivity index (χ0v) is 7.47. The van der Waals surface area contributed by atoms with E-state index >= 15 is 0 Å². The van der Waals surface area contributed by atoms with Crippen LogP contribution in [0.1, 0.15) is 6.92 Å². The molecule has 0 fully saturated rings. The van der Waals surface area contributed by atoms with Crippen LogP contribution in [0.2, 0.25) is 0 Å². The second-order valence-electron chi connectivity index (χ2n) is 2.47. The molecule has 1 aromatic rings. The van der Waals surface area contributed by atoms with Crippen molar-refractivity contribution in [3.8, 4) is 0 Å². The second kappa shape index (κ2) is 2.71. The molecule has 12 heavy (non-hydrogen) atoms. The summed E-state index contributed by atoms with van der Waals surface area (Å²) in [5.74, 6) is 0. The Kier molecular flexibility index (Phi) is 1.69. The summed E-state index contributed by atoms with van der Waals surface area (Å²) in [5, 5.41) is 0. The highest BCUT2D eigenvalue weighted by Gasteiger charge is 2.03. The minimum absolute atomic E-state index is 0.0752. The standard InChI is InChI=1S/C8H8N2OS/c1-2-6-7-9-4-3-5-10(7)8(11)12-6/h2-4H,5H2,1H3. The number of allylic oxidation sites excluding steroid dienone is 1. The maximum atomic E-state index is 11.3. The van der Waals surface area contributed by atoms with Gasteiger partial charge in [0.15, 0.2) is 5.49 Å². The summed E-state index contributed by atoms with van der Waals surface area (Å²) in [6.07, 6.45) is 5.54. The van der Waals surface area contributed by atoms with Crippen molar-refractivity contribution in [3.63, 3.8) is 0 Å². The number of thiazole rings is 1. The van der Waals surface area contributed by atoms with E-state index < -0.39 is 0 Å². The van der Waals surface area contributed by atoms with Crippen molar-refractivity contribution in [1.29, 1.82) is 0 Å². The van der Waals surface area contributed by atoms with E-state index in [1.165, 1.54) is 11.3 Å². The van der Waals surface area contributed by atoms with Gasteiger partial charge in [0.2, 0.25) is 0 Å². The van der Waals surface area contributed by atoms with Crippen molar-refractivity contribution in [2.75, 3.05) is 0 Å². The summed E-state index contributed by atoms with van der Waals surface area (Å²) in [6.45, 7) is 2.57. The Labute approximate surface area is 73.0 Å². The Hall–Kier alpha value is -1.16. The van der Waals surface area contributed by atoms with Gasteiger partial charge in [0, 0.05) is 12.7 Å². The molecule has 1 aromatic heterocycles. The van der Waals surface area contributed by atoms with Crippen molar-refractivity contribution in [2.45, 2.75) is 13.5 Å². The van der Waals surface area contributed by atoms with Crippen LogP contribution in [0.5, 0.6) is 0 Å². The Morgan fingerprint density at radius 1 is 1.75 bits per heavy atom. The molecule has 0 spiro atoms. The maximum absolute atomic E-state index is 11.3. The highest BCUT2D eigenvalue weighted by molar-refractivity contribution is 7.07. The lowest BCUT2D eigenvalue weighted by Gasteiger charge is -1.97. The van der Waals surface area contributed by atoms with E-state index in [1.807, 2.05) is 19.1 Å². The number of hydrogen-bond acceptors (Lipinski definition) is 3. The molecule has 0 bridgehead atoms. The number of nitrogens with zero attached hydrogens (tertiary/aromatic N) is 2. The SMILES string of the molecule is CC=c1sc(=O)n2c1=NC=CC2. The first-order valence-corrected chi connectivity index (χ1v) is 4.53. The normalized spacial score (nSPS) is 15.9. The van der Waals surface area contributed by atoms with Gasteiger partial charge in [-0.3, -0.25) is 9.36 Å². The zero-order valence-electron chi connectivity index (χ0n) is 6.65. The first kappa shape index (κ1) is 7.49. The fourth-order valence-electron chi connectivity index (χ4n) is 1.17. The van der Waals surface area contributed by atoms with Crippen LogP contribution >= 0.6 is 11.3 Å². The molecule has 62 valence electrons. The quantitative estimate of drug-likeness (QED) is 0.547. The van der Waals surface area contributed by atoms with Gasteiger partial charge in [-0.25, -0.2) is 4.99 Å². The van der Waals surface area contributed by atoms with Gasteiger partial charge in [0.25, 0.3) is 0 Å². The van der Waals surface area contributed by atoms with Gasteiger partial charge in [-0.2, -0.15) is 0 Å². The minimum Gasteiger partial charge on any atom is -0.279 e. The predicted octanol–water partition coefficient (Wildman–Crippen LogP) is -0.143. The van der Waals surface area contributed by atoms with Crippen molar-refractivity contribution < 1.29 is 0 Å². The van der Waals surface area contributed by atoms with Crippen LogP contribution in [0, 0.1) is 0 Å². The van der Waals surface area contributed by atoms with E-state index in [9.17, 15) is 4.79 Å². The average molecular weight is 180 g/mol. The highest BCUT2D eigenvalue weighted by Crippen LogP contribution is 1.85. The molecule has 3 nitrogen and oxygen atoms in total.